The van der Waals surface area contributed by atoms with Crippen molar-refractivity contribution in [3.05, 3.63) is 52.7 Å². The van der Waals surface area contributed by atoms with Crippen molar-refractivity contribution in [3.63, 3.8) is 0 Å². The van der Waals surface area contributed by atoms with E-state index in [0.717, 1.165) is 56.7 Å². The summed E-state index contributed by atoms with van der Waals surface area (Å²) in [6.07, 6.45) is 5.38. The van der Waals surface area contributed by atoms with E-state index >= 15 is 0 Å². The summed E-state index contributed by atoms with van der Waals surface area (Å²) in [5.74, 6) is 0.221. The van der Waals surface area contributed by atoms with Gasteiger partial charge in [0.15, 0.2) is 0 Å². The first-order chi connectivity index (χ1) is 17.8. The Morgan fingerprint density at radius 1 is 1.24 bits per heavy atom. The fourth-order valence-electron chi connectivity index (χ4n) is 5.48. The maximum absolute atomic E-state index is 11.1. The van der Waals surface area contributed by atoms with Crippen molar-refractivity contribution in [3.8, 4) is 11.3 Å². The highest BCUT2D eigenvalue weighted by Gasteiger charge is 2.36. The summed E-state index contributed by atoms with van der Waals surface area (Å²) in [6, 6.07) is 5.68. The van der Waals surface area contributed by atoms with Crippen molar-refractivity contribution in [2.75, 3.05) is 13.2 Å². The van der Waals surface area contributed by atoms with Crippen LogP contribution in [-0.2, 0) is 17.4 Å². The van der Waals surface area contributed by atoms with Gasteiger partial charge in [-0.15, -0.1) is 5.10 Å². The van der Waals surface area contributed by atoms with Gasteiger partial charge in [0, 0.05) is 38.2 Å². The number of halogens is 1. The summed E-state index contributed by atoms with van der Waals surface area (Å²) in [7, 11) is 1.88. The first kappa shape index (κ1) is 24.4. The van der Waals surface area contributed by atoms with Crippen LogP contribution in [0, 0.1) is 12.8 Å². The molecule has 37 heavy (non-hydrogen) atoms. The molecule has 0 bridgehead atoms. The summed E-state index contributed by atoms with van der Waals surface area (Å²) in [5, 5.41) is 20.2. The van der Waals surface area contributed by atoms with E-state index in [1.807, 2.05) is 32.3 Å². The van der Waals surface area contributed by atoms with Gasteiger partial charge in [-0.1, -0.05) is 16.8 Å². The van der Waals surface area contributed by atoms with Crippen molar-refractivity contribution in [1.29, 1.82) is 0 Å². The zero-order chi connectivity index (χ0) is 25.9. The molecule has 192 valence electrons. The van der Waals surface area contributed by atoms with Crippen LogP contribution in [0.25, 0.3) is 32.5 Å². The van der Waals surface area contributed by atoms with E-state index in [2.05, 4.69) is 20.9 Å². The molecule has 6 heterocycles. The number of rotatable bonds is 5. The number of fused-ring (bicyclic) bond motifs is 3. The molecule has 11 heteroatoms. The Morgan fingerprint density at radius 2 is 2.03 bits per heavy atom. The first-order valence-electron chi connectivity index (χ1n) is 12.3. The molecule has 0 radical (unpaired) electrons. The topological polar surface area (TPSA) is 104 Å². The van der Waals surface area contributed by atoms with Crippen LogP contribution in [0.1, 0.15) is 49.8 Å². The Kier molecular flexibility index (Phi) is 6.02. The smallest absolute Gasteiger partial charge is 0.110 e. The van der Waals surface area contributed by atoms with Crippen LogP contribution in [-0.4, -0.2) is 52.2 Å². The SMILES string of the molecule is Cc1nnn(C)c1-c1cnc2c3snc(C(C)(C)O)c3n(C(c3ncccc3Cl)C3CCOCC3)c2c1. The molecule has 1 fully saturated rings. The number of nitrogens with zero attached hydrogens (tertiary/aromatic N) is 7. The van der Waals surface area contributed by atoms with Gasteiger partial charge < -0.3 is 14.4 Å². The van der Waals surface area contributed by atoms with Gasteiger partial charge >= 0.3 is 0 Å². The standard InChI is InChI=1S/C26H28ClN7O2S/c1-14-21(33(4)32-30-14)16-12-18-20(29-13-16)24-23(25(31-37-24)26(2,3)35)34(18)22(15-7-10-36-11-8-15)19-17(27)6-5-9-28-19/h5-6,9,12-13,15,22,35H,7-8,10-11H2,1-4H3. The van der Waals surface area contributed by atoms with Gasteiger partial charge in [-0.3, -0.25) is 9.97 Å². The van der Waals surface area contributed by atoms with Gasteiger partial charge in [-0.25, -0.2) is 4.68 Å². The van der Waals surface area contributed by atoms with Crippen LogP contribution in [0.15, 0.2) is 30.6 Å². The van der Waals surface area contributed by atoms with E-state index in [-0.39, 0.29) is 12.0 Å². The highest BCUT2D eigenvalue weighted by Crippen LogP contribution is 2.45. The summed E-state index contributed by atoms with van der Waals surface area (Å²) in [6.45, 7) is 6.84. The highest BCUT2D eigenvalue weighted by atomic mass is 35.5. The summed E-state index contributed by atoms with van der Waals surface area (Å²) < 4.78 is 15.4. The molecule has 1 unspecified atom stereocenters. The Balaban J connectivity index is 1.72. The number of pyridine rings is 2. The maximum atomic E-state index is 11.1. The lowest BCUT2D eigenvalue weighted by Crippen LogP contribution is -2.28. The lowest BCUT2D eigenvalue weighted by molar-refractivity contribution is 0.0543. The van der Waals surface area contributed by atoms with Crippen molar-refractivity contribution in [2.24, 2.45) is 13.0 Å². The number of aromatic nitrogens is 7. The minimum absolute atomic E-state index is 0.196. The van der Waals surface area contributed by atoms with Gasteiger partial charge in [0.25, 0.3) is 0 Å². The molecule has 1 aliphatic heterocycles. The number of aryl methyl sites for hydroxylation is 2. The zero-order valence-electron chi connectivity index (χ0n) is 21.1. The van der Waals surface area contributed by atoms with Gasteiger partial charge in [0.2, 0.25) is 0 Å². The number of hydrogen-bond acceptors (Lipinski definition) is 8. The molecule has 0 spiro atoms. The Bertz CT molecular complexity index is 1590. The molecule has 0 aromatic carbocycles. The van der Waals surface area contributed by atoms with Crippen LogP contribution in [0.2, 0.25) is 5.02 Å². The zero-order valence-corrected chi connectivity index (χ0v) is 22.7. The van der Waals surface area contributed by atoms with E-state index in [1.54, 1.807) is 24.7 Å². The number of aliphatic hydroxyl groups is 1. The number of hydrogen-bond donors (Lipinski definition) is 1. The molecule has 1 N–H and O–H groups in total. The second-order valence-corrected chi connectivity index (χ2v) is 11.3. The summed E-state index contributed by atoms with van der Waals surface area (Å²) >= 11 is 8.17. The molecular weight excluding hydrogens is 510 g/mol. The average molecular weight is 538 g/mol. The molecule has 1 saturated heterocycles. The van der Waals surface area contributed by atoms with Crippen molar-refractivity contribution >= 4 is 44.4 Å². The van der Waals surface area contributed by atoms with Gasteiger partial charge in [0.1, 0.15) is 16.8 Å². The lowest BCUT2D eigenvalue weighted by Gasteiger charge is -2.33. The molecule has 1 aliphatic rings. The molecular formula is C26H28ClN7O2S. The van der Waals surface area contributed by atoms with Crippen molar-refractivity contribution in [2.45, 2.75) is 45.3 Å². The van der Waals surface area contributed by atoms with Crippen LogP contribution in [0.4, 0.5) is 0 Å². The fourth-order valence-corrected chi connectivity index (χ4v) is 6.73. The number of ether oxygens (including phenoxy) is 1. The Morgan fingerprint density at radius 3 is 2.70 bits per heavy atom. The summed E-state index contributed by atoms with van der Waals surface area (Å²) in [5.41, 5.74) is 5.56. The quantitative estimate of drug-likeness (QED) is 0.335. The first-order valence-corrected chi connectivity index (χ1v) is 13.5. The van der Waals surface area contributed by atoms with Crippen molar-refractivity contribution in [1.82, 2.24) is 33.9 Å². The second kappa shape index (κ2) is 9.13. The van der Waals surface area contributed by atoms with E-state index in [9.17, 15) is 5.11 Å². The predicted molar refractivity (Wildman–Crippen MR) is 144 cm³/mol. The van der Waals surface area contributed by atoms with Gasteiger partial charge in [-0.05, 0) is 69.3 Å². The predicted octanol–water partition coefficient (Wildman–Crippen LogP) is 5.04. The third-order valence-corrected chi connectivity index (χ3v) is 8.32. The lowest BCUT2D eigenvalue weighted by atomic mass is 9.88. The minimum Gasteiger partial charge on any atom is -0.384 e. The van der Waals surface area contributed by atoms with Crippen LogP contribution < -0.4 is 0 Å². The van der Waals surface area contributed by atoms with E-state index in [4.69, 9.17) is 30.7 Å². The molecule has 6 rings (SSSR count). The molecule has 1 atom stereocenters. The molecule has 5 aromatic heterocycles. The third kappa shape index (κ3) is 4.03. The van der Waals surface area contributed by atoms with E-state index in [0.29, 0.717) is 23.9 Å². The fraction of sp³-hybridized carbons (Fsp3) is 0.423. The normalized spacial score (nSPS) is 16.2. The highest BCUT2D eigenvalue weighted by molar-refractivity contribution is 7.14. The molecule has 5 aromatic rings. The molecule has 0 aliphatic carbocycles. The molecule has 0 saturated carbocycles. The van der Waals surface area contributed by atoms with Gasteiger partial charge in [0.05, 0.1) is 43.9 Å². The monoisotopic (exact) mass is 537 g/mol. The molecule has 9 nitrogen and oxygen atoms in total. The van der Waals surface area contributed by atoms with E-state index in [1.165, 1.54) is 11.5 Å². The van der Waals surface area contributed by atoms with Crippen molar-refractivity contribution < 1.29 is 9.84 Å². The van der Waals surface area contributed by atoms with Gasteiger partial charge in [-0.2, -0.15) is 4.37 Å². The maximum Gasteiger partial charge on any atom is 0.110 e. The van der Waals surface area contributed by atoms with Crippen LogP contribution >= 0.6 is 23.1 Å². The second-order valence-electron chi connectivity index (χ2n) is 10.1. The Labute approximate surface area is 223 Å². The average Bonchev–Trinajstić information content (AvgIpc) is 3.54. The Hall–Kier alpha value is -2.92. The molecule has 0 amide bonds. The third-order valence-electron chi connectivity index (χ3n) is 7.16. The van der Waals surface area contributed by atoms with Crippen LogP contribution in [0.5, 0.6) is 0 Å². The largest absolute Gasteiger partial charge is 0.384 e. The van der Waals surface area contributed by atoms with Crippen LogP contribution in [0.3, 0.4) is 0 Å². The van der Waals surface area contributed by atoms with E-state index < -0.39 is 5.60 Å². The minimum atomic E-state index is -1.15. The summed E-state index contributed by atoms with van der Waals surface area (Å²) in [4.78, 5) is 9.71.